The van der Waals surface area contributed by atoms with Gasteiger partial charge in [0.15, 0.2) is 5.52 Å². The lowest BCUT2D eigenvalue weighted by Gasteiger charge is -2.20. The van der Waals surface area contributed by atoms with Crippen molar-refractivity contribution in [1.29, 1.82) is 0 Å². The van der Waals surface area contributed by atoms with Crippen molar-refractivity contribution < 1.29 is 9.84 Å². The standard InChI is InChI=1S/C19H25N3O2/c1-4-5-6-11-17-20-15-12-22(24)16-10-8-7-9-14(16)18(15)21(17)13-19(2,3)23/h7-10,12,23H,4-6,11,13H2,1-3H3. The van der Waals surface area contributed by atoms with E-state index < -0.39 is 5.60 Å². The second-order valence-electron chi connectivity index (χ2n) is 7.09. The summed E-state index contributed by atoms with van der Waals surface area (Å²) in [5, 5.41) is 23.5. The Morgan fingerprint density at radius 1 is 1.25 bits per heavy atom. The zero-order chi connectivity index (χ0) is 17.3. The maximum absolute atomic E-state index is 12.3. The summed E-state index contributed by atoms with van der Waals surface area (Å²) in [6.07, 6.45) is 5.75. The van der Waals surface area contributed by atoms with Gasteiger partial charge in [0.1, 0.15) is 5.82 Å². The van der Waals surface area contributed by atoms with Gasteiger partial charge in [-0.2, -0.15) is 4.73 Å². The molecule has 5 heteroatoms. The molecule has 2 heterocycles. The van der Waals surface area contributed by atoms with Crippen LogP contribution in [0.15, 0.2) is 30.5 Å². The summed E-state index contributed by atoms with van der Waals surface area (Å²) in [7, 11) is 0. The molecule has 1 N–H and O–H groups in total. The molecule has 2 aromatic heterocycles. The lowest BCUT2D eigenvalue weighted by molar-refractivity contribution is -0.575. The van der Waals surface area contributed by atoms with Crippen molar-refractivity contribution >= 4 is 21.9 Å². The molecule has 0 fully saturated rings. The molecule has 128 valence electrons. The summed E-state index contributed by atoms with van der Waals surface area (Å²) >= 11 is 0. The van der Waals surface area contributed by atoms with Gasteiger partial charge in [-0.3, -0.25) is 0 Å². The highest BCUT2D eigenvalue weighted by molar-refractivity contribution is 6.00. The number of hydrogen-bond acceptors (Lipinski definition) is 3. The van der Waals surface area contributed by atoms with Crippen LogP contribution in [0.5, 0.6) is 0 Å². The van der Waals surface area contributed by atoms with Crippen molar-refractivity contribution in [2.45, 2.75) is 58.6 Å². The molecule has 3 rings (SSSR count). The number of imidazole rings is 1. The van der Waals surface area contributed by atoms with Crippen LogP contribution < -0.4 is 4.73 Å². The largest absolute Gasteiger partial charge is 0.618 e. The molecule has 0 radical (unpaired) electrons. The Balaban J connectivity index is 2.23. The van der Waals surface area contributed by atoms with Gasteiger partial charge in [-0.25, -0.2) is 4.98 Å². The molecule has 0 unspecified atom stereocenters. The number of nitrogens with zero attached hydrogens (tertiary/aromatic N) is 3. The third-order valence-electron chi connectivity index (χ3n) is 4.26. The average molecular weight is 327 g/mol. The van der Waals surface area contributed by atoms with Crippen molar-refractivity contribution in [3.8, 4) is 0 Å². The quantitative estimate of drug-likeness (QED) is 0.429. The molecule has 1 aromatic carbocycles. The molecular formula is C19H25N3O2. The molecule has 0 saturated heterocycles. The minimum Gasteiger partial charge on any atom is -0.618 e. The molecule has 0 aliphatic heterocycles. The monoisotopic (exact) mass is 327 g/mol. The third-order valence-corrected chi connectivity index (χ3v) is 4.26. The first kappa shape index (κ1) is 16.7. The number of hydrogen-bond donors (Lipinski definition) is 1. The van der Waals surface area contributed by atoms with Crippen LogP contribution in [0, 0.1) is 5.21 Å². The summed E-state index contributed by atoms with van der Waals surface area (Å²) in [5.41, 5.74) is 1.41. The smallest absolute Gasteiger partial charge is 0.226 e. The van der Waals surface area contributed by atoms with Gasteiger partial charge in [0.05, 0.1) is 23.0 Å². The predicted octanol–water partition coefficient (Wildman–Crippen LogP) is 3.33. The molecule has 0 aliphatic rings. The maximum Gasteiger partial charge on any atom is 0.226 e. The number of fused-ring (bicyclic) bond motifs is 3. The lowest BCUT2D eigenvalue weighted by Crippen LogP contribution is -2.28. The molecule has 24 heavy (non-hydrogen) atoms. The minimum atomic E-state index is -0.850. The van der Waals surface area contributed by atoms with Crippen LogP contribution in [0.25, 0.3) is 21.9 Å². The van der Waals surface area contributed by atoms with E-state index in [0.717, 1.165) is 47.1 Å². The number of para-hydroxylation sites is 1. The summed E-state index contributed by atoms with van der Waals surface area (Å²) in [5.74, 6) is 0.942. The van der Waals surface area contributed by atoms with E-state index in [2.05, 4.69) is 11.5 Å². The fourth-order valence-corrected chi connectivity index (χ4v) is 3.22. The first-order valence-electron chi connectivity index (χ1n) is 8.63. The van der Waals surface area contributed by atoms with E-state index in [4.69, 9.17) is 4.98 Å². The van der Waals surface area contributed by atoms with Crippen molar-refractivity contribution in [3.63, 3.8) is 0 Å². The highest BCUT2D eigenvalue weighted by Gasteiger charge is 2.22. The Morgan fingerprint density at radius 2 is 2.00 bits per heavy atom. The normalized spacial score (nSPS) is 12.3. The van der Waals surface area contributed by atoms with Gasteiger partial charge < -0.3 is 14.9 Å². The van der Waals surface area contributed by atoms with Gasteiger partial charge >= 0.3 is 0 Å². The molecule has 0 saturated carbocycles. The SMILES string of the molecule is CCCCCc1nc2c[n+]([O-])c3ccccc3c2n1CC(C)(C)O. The van der Waals surface area contributed by atoms with Crippen molar-refractivity contribution in [2.75, 3.05) is 0 Å². The minimum absolute atomic E-state index is 0.456. The molecule has 5 nitrogen and oxygen atoms in total. The summed E-state index contributed by atoms with van der Waals surface area (Å²) < 4.78 is 2.97. The summed E-state index contributed by atoms with van der Waals surface area (Å²) in [6.45, 7) is 6.23. The number of aromatic nitrogens is 3. The molecule has 0 amide bonds. The van der Waals surface area contributed by atoms with Crippen molar-refractivity contribution in [3.05, 3.63) is 41.5 Å². The third kappa shape index (κ3) is 3.22. The molecular weight excluding hydrogens is 302 g/mol. The van der Waals surface area contributed by atoms with Crippen LogP contribution in [0.2, 0.25) is 0 Å². The van der Waals surface area contributed by atoms with Crippen LogP contribution >= 0.6 is 0 Å². The number of rotatable bonds is 6. The second-order valence-corrected chi connectivity index (χ2v) is 7.09. The van der Waals surface area contributed by atoms with Gasteiger partial charge in [0.25, 0.3) is 0 Å². The van der Waals surface area contributed by atoms with E-state index in [9.17, 15) is 10.3 Å². The zero-order valence-corrected chi connectivity index (χ0v) is 14.6. The van der Waals surface area contributed by atoms with Gasteiger partial charge in [0.2, 0.25) is 11.7 Å². The van der Waals surface area contributed by atoms with E-state index in [1.165, 1.54) is 0 Å². The van der Waals surface area contributed by atoms with Gasteiger partial charge in [0, 0.05) is 12.5 Å². The van der Waals surface area contributed by atoms with Gasteiger partial charge in [-0.1, -0.05) is 31.9 Å². The Bertz CT molecular complexity index is 862. The van der Waals surface area contributed by atoms with Crippen molar-refractivity contribution in [1.82, 2.24) is 9.55 Å². The predicted molar refractivity (Wildman–Crippen MR) is 95.7 cm³/mol. The molecule has 0 aliphatic carbocycles. The fraction of sp³-hybridized carbons (Fsp3) is 0.474. The van der Waals surface area contributed by atoms with Crippen molar-refractivity contribution in [2.24, 2.45) is 0 Å². The highest BCUT2D eigenvalue weighted by Crippen LogP contribution is 2.26. The van der Waals surface area contributed by atoms with Crippen LogP contribution in [0.1, 0.15) is 45.9 Å². The highest BCUT2D eigenvalue weighted by atomic mass is 16.5. The number of pyridine rings is 1. The Kier molecular flexibility index (Phi) is 4.45. The first-order chi connectivity index (χ1) is 11.4. The van der Waals surface area contributed by atoms with E-state index in [0.29, 0.717) is 17.6 Å². The maximum atomic E-state index is 12.3. The molecule has 0 bridgehead atoms. The summed E-state index contributed by atoms with van der Waals surface area (Å²) in [6, 6.07) is 7.56. The average Bonchev–Trinajstić information content (AvgIpc) is 2.84. The molecule has 0 atom stereocenters. The van der Waals surface area contributed by atoms with Crippen LogP contribution in [-0.2, 0) is 13.0 Å². The summed E-state index contributed by atoms with van der Waals surface area (Å²) in [4.78, 5) is 4.71. The van der Waals surface area contributed by atoms with E-state index in [1.807, 2.05) is 24.3 Å². The topological polar surface area (TPSA) is 65.0 Å². The Morgan fingerprint density at radius 3 is 2.71 bits per heavy atom. The first-order valence-corrected chi connectivity index (χ1v) is 8.63. The number of aryl methyl sites for hydroxylation is 1. The van der Waals surface area contributed by atoms with Gasteiger partial charge in [-0.15, -0.1) is 0 Å². The number of unbranched alkanes of at least 4 members (excludes halogenated alkanes) is 2. The van der Waals surface area contributed by atoms with Gasteiger partial charge in [-0.05, 0) is 26.3 Å². The number of benzene rings is 1. The van der Waals surface area contributed by atoms with E-state index >= 15 is 0 Å². The lowest BCUT2D eigenvalue weighted by atomic mass is 10.1. The van der Waals surface area contributed by atoms with Crippen LogP contribution in [0.4, 0.5) is 0 Å². The molecule has 3 aromatic rings. The number of aliphatic hydroxyl groups is 1. The Labute approximate surface area is 142 Å². The second kappa shape index (κ2) is 6.40. The van der Waals surface area contributed by atoms with Crippen LogP contribution in [0.3, 0.4) is 0 Å². The van der Waals surface area contributed by atoms with Crippen LogP contribution in [-0.4, -0.2) is 20.3 Å². The molecule has 0 spiro atoms. The zero-order valence-electron chi connectivity index (χ0n) is 14.6. The Hall–Kier alpha value is -2.14. The fourth-order valence-electron chi connectivity index (χ4n) is 3.22. The van der Waals surface area contributed by atoms with E-state index in [-0.39, 0.29) is 0 Å². The van der Waals surface area contributed by atoms with E-state index in [1.54, 1.807) is 20.0 Å².